The van der Waals surface area contributed by atoms with E-state index < -0.39 is 0 Å². The molecule has 9 heteroatoms. The summed E-state index contributed by atoms with van der Waals surface area (Å²) in [6.45, 7) is 4.66. The molecule has 0 saturated carbocycles. The van der Waals surface area contributed by atoms with E-state index in [-0.39, 0.29) is 11.8 Å². The molecule has 0 aliphatic carbocycles. The maximum atomic E-state index is 13.1. The first kappa shape index (κ1) is 21.6. The standard InChI is InChI=1S/C24H27N7OS/c32-23(30-15-17-31(18-16-30)24-25-11-4-12-26-24)19-9-13-29(14-10-19)21-7-8-22(28-27-21)33-20-5-2-1-3-6-20/h1-8,11-12,19H,9-10,13-18H2. The first-order chi connectivity index (χ1) is 16.3. The van der Waals surface area contributed by atoms with Gasteiger partial charge in [0.1, 0.15) is 5.03 Å². The smallest absolute Gasteiger partial charge is 0.225 e. The van der Waals surface area contributed by atoms with Gasteiger partial charge in [-0.3, -0.25) is 4.79 Å². The number of amides is 1. The minimum Gasteiger partial charge on any atom is -0.355 e. The summed E-state index contributed by atoms with van der Waals surface area (Å²) in [7, 11) is 0. The molecule has 0 unspecified atom stereocenters. The monoisotopic (exact) mass is 461 g/mol. The van der Waals surface area contributed by atoms with Crippen LogP contribution in [0.1, 0.15) is 12.8 Å². The molecule has 2 aliphatic rings. The van der Waals surface area contributed by atoms with Crippen molar-refractivity contribution in [1.82, 2.24) is 25.1 Å². The predicted octanol–water partition coefficient (Wildman–Crippen LogP) is 2.98. The van der Waals surface area contributed by atoms with Crippen LogP contribution in [0.25, 0.3) is 0 Å². The Labute approximate surface area is 198 Å². The molecule has 1 aromatic carbocycles. The lowest BCUT2D eigenvalue weighted by Gasteiger charge is -2.38. The zero-order chi connectivity index (χ0) is 22.5. The molecule has 1 amide bonds. The molecule has 2 aromatic heterocycles. The van der Waals surface area contributed by atoms with Crippen LogP contribution in [-0.2, 0) is 4.79 Å². The van der Waals surface area contributed by atoms with Crippen molar-refractivity contribution in [3.8, 4) is 0 Å². The van der Waals surface area contributed by atoms with Crippen LogP contribution >= 0.6 is 11.8 Å². The number of hydrogen-bond donors (Lipinski definition) is 0. The minimum absolute atomic E-state index is 0.0849. The molecule has 3 aromatic rings. The van der Waals surface area contributed by atoms with E-state index in [1.165, 1.54) is 0 Å². The van der Waals surface area contributed by atoms with Gasteiger partial charge < -0.3 is 14.7 Å². The van der Waals surface area contributed by atoms with Gasteiger partial charge in [0.25, 0.3) is 0 Å². The quantitative estimate of drug-likeness (QED) is 0.574. The van der Waals surface area contributed by atoms with Crippen LogP contribution in [0.15, 0.2) is 70.8 Å². The number of piperazine rings is 1. The zero-order valence-corrected chi connectivity index (χ0v) is 19.3. The zero-order valence-electron chi connectivity index (χ0n) is 18.5. The van der Waals surface area contributed by atoms with Crippen molar-refractivity contribution in [3.05, 3.63) is 60.9 Å². The van der Waals surface area contributed by atoms with Crippen LogP contribution in [0, 0.1) is 5.92 Å². The molecule has 0 bridgehead atoms. The Hall–Kier alpha value is -3.20. The summed E-state index contributed by atoms with van der Waals surface area (Å²) >= 11 is 1.61. The molecule has 2 fully saturated rings. The van der Waals surface area contributed by atoms with Crippen molar-refractivity contribution in [2.75, 3.05) is 49.1 Å². The van der Waals surface area contributed by atoms with Gasteiger partial charge in [0.2, 0.25) is 11.9 Å². The van der Waals surface area contributed by atoms with Crippen LogP contribution < -0.4 is 9.80 Å². The van der Waals surface area contributed by atoms with Crippen molar-refractivity contribution in [2.24, 2.45) is 5.92 Å². The van der Waals surface area contributed by atoms with Crippen molar-refractivity contribution in [2.45, 2.75) is 22.8 Å². The van der Waals surface area contributed by atoms with Gasteiger partial charge in [-0.1, -0.05) is 30.0 Å². The van der Waals surface area contributed by atoms with Gasteiger partial charge in [-0.05, 0) is 43.2 Å². The normalized spacial score (nSPS) is 17.3. The average Bonchev–Trinajstić information content (AvgIpc) is 2.90. The van der Waals surface area contributed by atoms with E-state index in [0.717, 1.165) is 73.8 Å². The number of anilines is 2. The number of benzene rings is 1. The molecule has 2 saturated heterocycles. The molecule has 0 atom stereocenters. The minimum atomic E-state index is 0.0849. The lowest BCUT2D eigenvalue weighted by Crippen LogP contribution is -2.52. The van der Waals surface area contributed by atoms with Crippen LogP contribution in [0.2, 0.25) is 0 Å². The SMILES string of the molecule is O=C(C1CCN(c2ccc(Sc3ccccc3)nn2)CC1)N1CCN(c2ncccn2)CC1. The van der Waals surface area contributed by atoms with E-state index >= 15 is 0 Å². The second-order valence-corrected chi connectivity index (χ2v) is 9.36. The molecule has 170 valence electrons. The first-order valence-electron chi connectivity index (χ1n) is 11.4. The van der Waals surface area contributed by atoms with E-state index in [4.69, 9.17) is 0 Å². The number of piperidine rings is 1. The molecule has 0 N–H and O–H groups in total. The van der Waals surface area contributed by atoms with Crippen molar-refractivity contribution in [3.63, 3.8) is 0 Å². The summed E-state index contributed by atoms with van der Waals surface area (Å²) in [5.74, 6) is 1.99. The fraction of sp³-hybridized carbons (Fsp3) is 0.375. The topological polar surface area (TPSA) is 78.4 Å². The van der Waals surface area contributed by atoms with Gasteiger partial charge in [0, 0.05) is 62.5 Å². The van der Waals surface area contributed by atoms with E-state index in [2.05, 4.69) is 42.1 Å². The average molecular weight is 462 g/mol. The highest BCUT2D eigenvalue weighted by molar-refractivity contribution is 7.99. The van der Waals surface area contributed by atoms with Crippen molar-refractivity contribution < 1.29 is 4.79 Å². The molecule has 0 radical (unpaired) electrons. The summed E-state index contributed by atoms with van der Waals surface area (Å²) < 4.78 is 0. The summed E-state index contributed by atoms with van der Waals surface area (Å²) in [5.41, 5.74) is 0. The Morgan fingerprint density at radius 1 is 0.788 bits per heavy atom. The maximum Gasteiger partial charge on any atom is 0.225 e. The summed E-state index contributed by atoms with van der Waals surface area (Å²) in [6.07, 6.45) is 5.22. The van der Waals surface area contributed by atoms with Gasteiger partial charge in [0.05, 0.1) is 0 Å². The Kier molecular flexibility index (Phi) is 6.66. The summed E-state index contributed by atoms with van der Waals surface area (Å²) in [4.78, 5) is 29.3. The van der Waals surface area contributed by atoms with Crippen LogP contribution in [0.5, 0.6) is 0 Å². The Morgan fingerprint density at radius 3 is 2.18 bits per heavy atom. The number of aromatic nitrogens is 4. The van der Waals surface area contributed by atoms with E-state index in [0.29, 0.717) is 0 Å². The second-order valence-electron chi connectivity index (χ2n) is 8.27. The summed E-state index contributed by atoms with van der Waals surface area (Å²) in [5, 5.41) is 9.71. The second kappa shape index (κ2) is 10.2. The largest absolute Gasteiger partial charge is 0.355 e. The maximum absolute atomic E-state index is 13.1. The lowest BCUT2D eigenvalue weighted by molar-refractivity contribution is -0.136. The van der Waals surface area contributed by atoms with E-state index in [9.17, 15) is 4.79 Å². The van der Waals surface area contributed by atoms with Gasteiger partial charge in [-0.25, -0.2) is 9.97 Å². The van der Waals surface area contributed by atoms with Gasteiger partial charge in [0.15, 0.2) is 5.82 Å². The molecule has 0 spiro atoms. The Balaban J connectivity index is 1.10. The van der Waals surface area contributed by atoms with Crippen LogP contribution in [-0.4, -0.2) is 70.2 Å². The summed E-state index contributed by atoms with van der Waals surface area (Å²) in [6, 6.07) is 16.1. The first-order valence-corrected chi connectivity index (χ1v) is 12.2. The molecule has 4 heterocycles. The third kappa shape index (κ3) is 5.24. The molecular formula is C24H27N7OS. The van der Waals surface area contributed by atoms with E-state index in [1.54, 1.807) is 24.2 Å². The lowest BCUT2D eigenvalue weighted by atomic mass is 9.95. The van der Waals surface area contributed by atoms with Gasteiger partial charge in [-0.15, -0.1) is 10.2 Å². The third-order valence-electron chi connectivity index (χ3n) is 6.19. The molecule has 33 heavy (non-hydrogen) atoms. The fourth-order valence-corrected chi connectivity index (χ4v) is 5.09. The molecule has 8 nitrogen and oxygen atoms in total. The Morgan fingerprint density at radius 2 is 1.52 bits per heavy atom. The number of hydrogen-bond acceptors (Lipinski definition) is 8. The number of nitrogens with zero attached hydrogens (tertiary/aromatic N) is 7. The van der Waals surface area contributed by atoms with E-state index in [1.807, 2.05) is 41.3 Å². The number of rotatable bonds is 5. The van der Waals surface area contributed by atoms with Crippen molar-refractivity contribution in [1.29, 1.82) is 0 Å². The Bertz CT molecular complexity index is 1040. The molecular weight excluding hydrogens is 434 g/mol. The predicted molar refractivity (Wildman–Crippen MR) is 128 cm³/mol. The highest BCUT2D eigenvalue weighted by atomic mass is 32.2. The third-order valence-corrected chi connectivity index (χ3v) is 7.12. The van der Waals surface area contributed by atoms with Gasteiger partial charge in [-0.2, -0.15) is 0 Å². The highest BCUT2D eigenvalue weighted by Crippen LogP contribution is 2.28. The number of carbonyl (C=O) groups excluding carboxylic acids is 1. The molecule has 5 rings (SSSR count). The van der Waals surface area contributed by atoms with Gasteiger partial charge >= 0.3 is 0 Å². The fourth-order valence-electron chi connectivity index (χ4n) is 4.34. The van der Waals surface area contributed by atoms with Crippen LogP contribution in [0.3, 0.4) is 0 Å². The molecule has 2 aliphatic heterocycles. The van der Waals surface area contributed by atoms with Crippen molar-refractivity contribution >= 4 is 29.4 Å². The van der Waals surface area contributed by atoms with Crippen LogP contribution in [0.4, 0.5) is 11.8 Å². The highest BCUT2D eigenvalue weighted by Gasteiger charge is 2.31. The number of carbonyl (C=O) groups is 1.